The summed E-state index contributed by atoms with van der Waals surface area (Å²) in [7, 11) is 3.92. The Morgan fingerprint density at radius 1 is 1.13 bits per heavy atom. The van der Waals surface area contributed by atoms with E-state index in [4.69, 9.17) is 4.74 Å². The molecule has 0 atom stereocenters. The van der Waals surface area contributed by atoms with Gasteiger partial charge in [0, 0.05) is 31.9 Å². The Labute approximate surface area is 138 Å². The largest absolute Gasteiger partial charge is 0.494 e. The molecule has 0 fully saturated rings. The molecule has 23 heavy (non-hydrogen) atoms. The second kappa shape index (κ2) is 8.22. The quantitative estimate of drug-likeness (QED) is 0.854. The average molecular weight is 312 g/mol. The standard InChI is InChI=1S/C19H24N2O2/c1-4-23-18-10-8-15(9-11-18)12-13-20-19(22)16-6-5-7-17(14-16)21(2)3/h5-11,14H,4,12-13H2,1-3H3,(H,20,22). The number of nitrogens with zero attached hydrogens (tertiary/aromatic N) is 1. The molecule has 0 radical (unpaired) electrons. The van der Waals surface area contributed by atoms with Crippen LogP contribution >= 0.6 is 0 Å². The molecule has 0 bridgehead atoms. The monoisotopic (exact) mass is 312 g/mol. The van der Waals surface area contributed by atoms with Crippen molar-refractivity contribution < 1.29 is 9.53 Å². The van der Waals surface area contributed by atoms with Crippen molar-refractivity contribution in [1.29, 1.82) is 0 Å². The molecule has 0 heterocycles. The predicted octanol–water partition coefficient (Wildman–Crippen LogP) is 3.12. The first-order valence-corrected chi connectivity index (χ1v) is 7.87. The minimum Gasteiger partial charge on any atom is -0.494 e. The fourth-order valence-corrected chi connectivity index (χ4v) is 2.27. The number of benzene rings is 2. The number of nitrogens with one attached hydrogen (secondary N) is 1. The second-order valence-corrected chi connectivity index (χ2v) is 5.53. The lowest BCUT2D eigenvalue weighted by atomic mass is 10.1. The number of rotatable bonds is 7. The molecule has 2 aromatic carbocycles. The number of hydrogen-bond acceptors (Lipinski definition) is 3. The van der Waals surface area contributed by atoms with Crippen molar-refractivity contribution in [2.24, 2.45) is 0 Å². The van der Waals surface area contributed by atoms with Gasteiger partial charge in [0.2, 0.25) is 0 Å². The SMILES string of the molecule is CCOc1ccc(CCNC(=O)c2cccc(N(C)C)c2)cc1. The third kappa shape index (κ3) is 5.02. The van der Waals surface area contributed by atoms with Gasteiger partial charge in [-0.2, -0.15) is 0 Å². The lowest BCUT2D eigenvalue weighted by Gasteiger charge is -2.13. The zero-order valence-electron chi connectivity index (χ0n) is 14.0. The van der Waals surface area contributed by atoms with E-state index in [-0.39, 0.29) is 5.91 Å². The van der Waals surface area contributed by atoms with E-state index >= 15 is 0 Å². The van der Waals surface area contributed by atoms with Crippen LogP contribution in [0.3, 0.4) is 0 Å². The van der Waals surface area contributed by atoms with Crippen LogP contribution in [0.2, 0.25) is 0 Å². The van der Waals surface area contributed by atoms with Crippen molar-refractivity contribution >= 4 is 11.6 Å². The highest BCUT2D eigenvalue weighted by atomic mass is 16.5. The van der Waals surface area contributed by atoms with Crippen molar-refractivity contribution in [3.05, 3.63) is 59.7 Å². The van der Waals surface area contributed by atoms with Crippen LogP contribution in [-0.2, 0) is 6.42 Å². The zero-order valence-corrected chi connectivity index (χ0v) is 14.0. The van der Waals surface area contributed by atoms with Crippen LogP contribution in [0.5, 0.6) is 5.75 Å². The molecule has 0 saturated carbocycles. The van der Waals surface area contributed by atoms with Crippen molar-refractivity contribution in [2.75, 3.05) is 32.1 Å². The summed E-state index contributed by atoms with van der Waals surface area (Å²) in [5, 5.41) is 2.96. The number of amides is 1. The zero-order chi connectivity index (χ0) is 16.7. The predicted molar refractivity (Wildman–Crippen MR) is 94.4 cm³/mol. The molecule has 1 amide bonds. The number of carbonyl (C=O) groups is 1. The summed E-state index contributed by atoms with van der Waals surface area (Å²) in [5.41, 5.74) is 2.88. The Bertz CT molecular complexity index is 636. The molecule has 0 aliphatic rings. The summed E-state index contributed by atoms with van der Waals surface area (Å²) in [6.45, 7) is 3.25. The van der Waals surface area contributed by atoms with Crippen molar-refractivity contribution in [2.45, 2.75) is 13.3 Å². The summed E-state index contributed by atoms with van der Waals surface area (Å²) >= 11 is 0. The van der Waals surface area contributed by atoms with E-state index in [1.807, 2.05) is 74.4 Å². The molecule has 2 rings (SSSR count). The van der Waals surface area contributed by atoms with Gasteiger partial charge in [-0.3, -0.25) is 4.79 Å². The molecule has 0 saturated heterocycles. The minimum absolute atomic E-state index is 0.0420. The van der Waals surface area contributed by atoms with Crippen LogP contribution in [0, 0.1) is 0 Å². The van der Waals surface area contributed by atoms with E-state index in [2.05, 4.69) is 5.32 Å². The summed E-state index contributed by atoms with van der Waals surface area (Å²) in [4.78, 5) is 14.2. The van der Waals surface area contributed by atoms with Gasteiger partial charge < -0.3 is 15.0 Å². The second-order valence-electron chi connectivity index (χ2n) is 5.53. The Balaban J connectivity index is 1.86. The van der Waals surface area contributed by atoms with Gasteiger partial charge in [-0.25, -0.2) is 0 Å². The number of carbonyl (C=O) groups excluding carboxylic acids is 1. The van der Waals surface area contributed by atoms with Gasteiger partial charge >= 0.3 is 0 Å². The molecular formula is C19H24N2O2. The summed E-state index contributed by atoms with van der Waals surface area (Å²) in [6.07, 6.45) is 0.797. The molecule has 0 aliphatic carbocycles. The Hall–Kier alpha value is -2.49. The maximum Gasteiger partial charge on any atom is 0.251 e. The Kier molecular flexibility index (Phi) is 6.03. The van der Waals surface area contributed by atoms with Crippen LogP contribution in [0.25, 0.3) is 0 Å². The summed E-state index contributed by atoms with van der Waals surface area (Å²) in [5.74, 6) is 0.834. The maximum absolute atomic E-state index is 12.2. The van der Waals surface area contributed by atoms with E-state index in [0.29, 0.717) is 18.7 Å². The van der Waals surface area contributed by atoms with E-state index in [9.17, 15) is 4.79 Å². The highest BCUT2D eigenvalue weighted by molar-refractivity contribution is 5.95. The van der Waals surface area contributed by atoms with E-state index in [0.717, 1.165) is 17.9 Å². The highest BCUT2D eigenvalue weighted by Gasteiger charge is 2.06. The highest BCUT2D eigenvalue weighted by Crippen LogP contribution is 2.14. The minimum atomic E-state index is -0.0420. The molecule has 4 heteroatoms. The first kappa shape index (κ1) is 16.9. The van der Waals surface area contributed by atoms with E-state index in [1.54, 1.807) is 0 Å². The molecule has 1 N–H and O–H groups in total. The topological polar surface area (TPSA) is 41.6 Å². The van der Waals surface area contributed by atoms with Gasteiger partial charge in [0.05, 0.1) is 6.61 Å². The molecule has 0 aromatic heterocycles. The van der Waals surface area contributed by atoms with Crippen LogP contribution in [0.1, 0.15) is 22.8 Å². The lowest BCUT2D eigenvalue weighted by molar-refractivity contribution is 0.0954. The molecule has 2 aromatic rings. The fraction of sp³-hybridized carbons (Fsp3) is 0.316. The smallest absolute Gasteiger partial charge is 0.251 e. The van der Waals surface area contributed by atoms with Crippen LogP contribution in [0.4, 0.5) is 5.69 Å². The third-order valence-corrected chi connectivity index (χ3v) is 3.56. The van der Waals surface area contributed by atoms with Gasteiger partial charge in [0.25, 0.3) is 5.91 Å². The van der Waals surface area contributed by atoms with E-state index in [1.165, 1.54) is 5.56 Å². The number of anilines is 1. The van der Waals surface area contributed by atoms with Gasteiger partial charge in [0.15, 0.2) is 0 Å². The van der Waals surface area contributed by atoms with Crippen LogP contribution < -0.4 is 15.0 Å². The number of ether oxygens (including phenoxy) is 1. The normalized spacial score (nSPS) is 10.2. The van der Waals surface area contributed by atoms with Gasteiger partial charge in [-0.1, -0.05) is 18.2 Å². The van der Waals surface area contributed by atoms with E-state index < -0.39 is 0 Å². The van der Waals surface area contributed by atoms with Gasteiger partial charge in [-0.05, 0) is 49.2 Å². The van der Waals surface area contributed by atoms with Crippen molar-refractivity contribution in [1.82, 2.24) is 5.32 Å². The molecule has 0 aliphatic heterocycles. The molecule has 122 valence electrons. The third-order valence-electron chi connectivity index (χ3n) is 3.56. The van der Waals surface area contributed by atoms with Gasteiger partial charge in [-0.15, -0.1) is 0 Å². The first-order valence-electron chi connectivity index (χ1n) is 7.87. The van der Waals surface area contributed by atoms with Gasteiger partial charge in [0.1, 0.15) is 5.75 Å². The Morgan fingerprint density at radius 2 is 1.87 bits per heavy atom. The number of hydrogen-bond donors (Lipinski definition) is 1. The summed E-state index contributed by atoms with van der Waals surface area (Å²) in [6, 6.07) is 15.6. The first-order chi connectivity index (χ1) is 11.1. The lowest BCUT2D eigenvalue weighted by Crippen LogP contribution is -2.25. The van der Waals surface area contributed by atoms with Crippen molar-refractivity contribution in [3.63, 3.8) is 0 Å². The van der Waals surface area contributed by atoms with Crippen LogP contribution in [-0.4, -0.2) is 33.2 Å². The molecule has 0 spiro atoms. The summed E-state index contributed by atoms with van der Waals surface area (Å²) < 4.78 is 5.42. The fourth-order valence-electron chi connectivity index (χ4n) is 2.27. The van der Waals surface area contributed by atoms with Crippen molar-refractivity contribution in [3.8, 4) is 5.75 Å². The maximum atomic E-state index is 12.2. The molecule has 0 unspecified atom stereocenters. The Morgan fingerprint density at radius 3 is 2.52 bits per heavy atom. The van der Waals surface area contributed by atoms with Crippen LogP contribution in [0.15, 0.2) is 48.5 Å². The molecule has 4 nitrogen and oxygen atoms in total. The average Bonchev–Trinajstić information content (AvgIpc) is 2.56. The molecular weight excluding hydrogens is 288 g/mol.